The van der Waals surface area contributed by atoms with Gasteiger partial charge in [0, 0.05) is 6.04 Å². The third-order valence-electron chi connectivity index (χ3n) is 5.36. The summed E-state index contributed by atoms with van der Waals surface area (Å²) in [6, 6.07) is 18.0. The van der Waals surface area contributed by atoms with E-state index in [2.05, 4.69) is 10.6 Å². The van der Waals surface area contributed by atoms with Crippen LogP contribution < -0.4 is 19.7 Å². The molecule has 0 saturated heterocycles. The standard InChI is InChI=1S/C27H31N3O5S/c1-18(2)28-27(32)22-8-6-7-9-23(22)29-26(31)17-30(24-16-20(4)12-15-25(24)35-5)36(33,34)21-13-10-19(3)11-14-21/h6-16,18H,17H2,1-5H3,(H,28,32)(H,29,31). The van der Waals surface area contributed by atoms with Crippen molar-refractivity contribution in [3.63, 3.8) is 0 Å². The molecule has 0 aliphatic carbocycles. The summed E-state index contributed by atoms with van der Waals surface area (Å²) in [5, 5.41) is 5.50. The van der Waals surface area contributed by atoms with Crippen molar-refractivity contribution < 1.29 is 22.7 Å². The van der Waals surface area contributed by atoms with Crippen molar-refractivity contribution in [3.8, 4) is 5.75 Å². The zero-order valence-electron chi connectivity index (χ0n) is 21.0. The fourth-order valence-electron chi connectivity index (χ4n) is 3.58. The minimum absolute atomic E-state index is 0.0428. The molecule has 0 aliphatic heterocycles. The molecule has 0 aliphatic rings. The quantitative estimate of drug-likeness (QED) is 0.448. The van der Waals surface area contributed by atoms with Crippen LogP contribution in [0.4, 0.5) is 11.4 Å². The SMILES string of the molecule is COc1ccc(C)cc1N(CC(=O)Nc1ccccc1C(=O)NC(C)C)S(=O)(=O)c1ccc(C)cc1. The van der Waals surface area contributed by atoms with E-state index in [4.69, 9.17) is 4.74 Å². The number of amides is 2. The fourth-order valence-corrected chi connectivity index (χ4v) is 5.01. The van der Waals surface area contributed by atoms with E-state index >= 15 is 0 Å². The van der Waals surface area contributed by atoms with Gasteiger partial charge in [-0.2, -0.15) is 0 Å². The topological polar surface area (TPSA) is 105 Å². The third-order valence-corrected chi connectivity index (χ3v) is 7.14. The molecule has 0 bridgehead atoms. The summed E-state index contributed by atoms with van der Waals surface area (Å²) < 4.78 is 33.9. The van der Waals surface area contributed by atoms with Gasteiger partial charge in [-0.15, -0.1) is 0 Å². The lowest BCUT2D eigenvalue weighted by Crippen LogP contribution is -2.39. The zero-order chi connectivity index (χ0) is 26.5. The fraction of sp³-hybridized carbons (Fsp3) is 0.259. The van der Waals surface area contributed by atoms with Crippen LogP contribution in [0, 0.1) is 13.8 Å². The summed E-state index contributed by atoms with van der Waals surface area (Å²) in [6.45, 7) is 6.82. The van der Waals surface area contributed by atoms with Gasteiger partial charge in [0.1, 0.15) is 12.3 Å². The predicted octanol–water partition coefficient (Wildman–Crippen LogP) is 4.28. The lowest BCUT2D eigenvalue weighted by molar-refractivity contribution is -0.114. The molecule has 0 radical (unpaired) electrons. The first-order valence-electron chi connectivity index (χ1n) is 11.5. The molecule has 0 saturated carbocycles. The number of aryl methyl sites for hydroxylation is 2. The first-order valence-corrected chi connectivity index (χ1v) is 12.9. The van der Waals surface area contributed by atoms with Crippen LogP contribution in [0.25, 0.3) is 0 Å². The molecule has 0 fully saturated rings. The Hall–Kier alpha value is -3.85. The molecule has 0 heterocycles. The first-order chi connectivity index (χ1) is 17.0. The maximum atomic E-state index is 13.7. The van der Waals surface area contributed by atoms with Crippen molar-refractivity contribution in [2.24, 2.45) is 0 Å². The van der Waals surface area contributed by atoms with Gasteiger partial charge in [-0.05, 0) is 69.7 Å². The van der Waals surface area contributed by atoms with Gasteiger partial charge in [0.15, 0.2) is 0 Å². The van der Waals surface area contributed by atoms with Crippen LogP contribution in [0.5, 0.6) is 5.75 Å². The number of para-hydroxylation sites is 1. The largest absolute Gasteiger partial charge is 0.495 e. The Morgan fingerprint density at radius 1 is 0.944 bits per heavy atom. The lowest BCUT2D eigenvalue weighted by Gasteiger charge is -2.26. The summed E-state index contributed by atoms with van der Waals surface area (Å²) in [4.78, 5) is 25.9. The maximum absolute atomic E-state index is 13.7. The van der Waals surface area contributed by atoms with Crippen LogP contribution in [-0.2, 0) is 14.8 Å². The molecule has 2 amide bonds. The Kier molecular flexibility index (Phi) is 8.37. The van der Waals surface area contributed by atoms with Crippen molar-refractivity contribution >= 4 is 33.2 Å². The Bertz CT molecular complexity index is 1350. The van der Waals surface area contributed by atoms with Crippen LogP contribution in [0.15, 0.2) is 71.6 Å². The van der Waals surface area contributed by atoms with Gasteiger partial charge in [0.25, 0.3) is 15.9 Å². The molecule has 190 valence electrons. The number of ether oxygens (including phenoxy) is 1. The molecular weight excluding hydrogens is 478 g/mol. The van der Waals surface area contributed by atoms with E-state index in [9.17, 15) is 18.0 Å². The molecule has 0 spiro atoms. The average molecular weight is 510 g/mol. The van der Waals surface area contributed by atoms with Crippen LogP contribution in [0.3, 0.4) is 0 Å². The Morgan fingerprint density at radius 3 is 2.22 bits per heavy atom. The molecule has 3 aromatic carbocycles. The van der Waals surface area contributed by atoms with Gasteiger partial charge in [0.05, 0.1) is 28.9 Å². The number of carbonyl (C=O) groups is 2. The van der Waals surface area contributed by atoms with E-state index < -0.39 is 22.5 Å². The van der Waals surface area contributed by atoms with Gasteiger partial charge in [-0.1, -0.05) is 35.9 Å². The van der Waals surface area contributed by atoms with Crippen molar-refractivity contribution in [1.29, 1.82) is 0 Å². The molecule has 0 aromatic heterocycles. The minimum Gasteiger partial charge on any atom is -0.495 e. The van der Waals surface area contributed by atoms with Gasteiger partial charge in [-0.25, -0.2) is 8.42 Å². The van der Waals surface area contributed by atoms with Crippen LogP contribution in [0.1, 0.15) is 35.3 Å². The van der Waals surface area contributed by atoms with E-state index in [-0.39, 0.29) is 33.8 Å². The van der Waals surface area contributed by atoms with Crippen LogP contribution in [-0.4, -0.2) is 39.9 Å². The molecule has 3 rings (SSSR count). The Balaban J connectivity index is 2.01. The average Bonchev–Trinajstić information content (AvgIpc) is 2.82. The number of nitrogens with one attached hydrogen (secondary N) is 2. The molecule has 0 atom stereocenters. The Labute approximate surface area is 212 Å². The summed E-state index contributed by atoms with van der Waals surface area (Å²) in [6.07, 6.45) is 0. The Morgan fingerprint density at radius 2 is 1.58 bits per heavy atom. The summed E-state index contributed by atoms with van der Waals surface area (Å²) in [7, 11) is -2.70. The van der Waals surface area contributed by atoms with Gasteiger partial charge in [-0.3, -0.25) is 13.9 Å². The molecular formula is C27H31N3O5S. The predicted molar refractivity (Wildman–Crippen MR) is 141 cm³/mol. The highest BCUT2D eigenvalue weighted by Gasteiger charge is 2.30. The molecule has 36 heavy (non-hydrogen) atoms. The number of methoxy groups -OCH3 is 1. The lowest BCUT2D eigenvalue weighted by atomic mass is 10.1. The van der Waals surface area contributed by atoms with Gasteiger partial charge in [0.2, 0.25) is 5.91 Å². The van der Waals surface area contributed by atoms with E-state index in [1.165, 1.54) is 19.2 Å². The maximum Gasteiger partial charge on any atom is 0.264 e. The second-order valence-corrected chi connectivity index (χ2v) is 10.6. The van der Waals surface area contributed by atoms with E-state index in [1.54, 1.807) is 54.6 Å². The molecule has 2 N–H and O–H groups in total. The molecule has 9 heteroatoms. The summed E-state index contributed by atoms with van der Waals surface area (Å²) in [5.41, 5.74) is 2.50. The molecule has 8 nitrogen and oxygen atoms in total. The van der Waals surface area contributed by atoms with Crippen molar-refractivity contribution in [2.45, 2.75) is 38.6 Å². The molecule has 0 unspecified atom stereocenters. The second kappa shape index (κ2) is 11.3. The highest BCUT2D eigenvalue weighted by Crippen LogP contribution is 2.33. The number of sulfonamides is 1. The van der Waals surface area contributed by atoms with Crippen molar-refractivity contribution in [1.82, 2.24) is 5.32 Å². The molecule has 3 aromatic rings. The smallest absolute Gasteiger partial charge is 0.264 e. The minimum atomic E-state index is -4.14. The van der Waals surface area contributed by atoms with Crippen LogP contribution >= 0.6 is 0 Å². The number of anilines is 2. The van der Waals surface area contributed by atoms with Crippen LogP contribution in [0.2, 0.25) is 0 Å². The number of hydrogen-bond acceptors (Lipinski definition) is 5. The summed E-state index contributed by atoms with van der Waals surface area (Å²) in [5.74, 6) is -0.648. The first kappa shape index (κ1) is 26.7. The van der Waals surface area contributed by atoms with E-state index in [1.807, 2.05) is 27.7 Å². The normalized spacial score (nSPS) is 11.2. The number of carbonyl (C=O) groups excluding carboxylic acids is 2. The third kappa shape index (κ3) is 6.23. The number of rotatable bonds is 9. The second-order valence-electron chi connectivity index (χ2n) is 8.72. The summed E-state index contributed by atoms with van der Waals surface area (Å²) >= 11 is 0. The number of benzene rings is 3. The van der Waals surface area contributed by atoms with E-state index in [0.717, 1.165) is 15.4 Å². The highest BCUT2D eigenvalue weighted by molar-refractivity contribution is 7.92. The van der Waals surface area contributed by atoms with Gasteiger partial charge < -0.3 is 15.4 Å². The van der Waals surface area contributed by atoms with Gasteiger partial charge >= 0.3 is 0 Å². The number of nitrogens with zero attached hydrogens (tertiary/aromatic N) is 1. The highest BCUT2D eigenvalue weighted by atomic mass is 32.2. The zero-order valence-corrected chi connectivity index (χ0v) is 21.8. The number of hydrogen-bond donors (Lipinski definition) is 2. The van der Waals surface area contributed by atoms with Crippen molar-refractivity contribution in [3.05, 3.63) is 83.4 Å². The van der Waals surface area contributed by atoms with Crippen molar-refractivity contribution in [2.75, 3.05) is 23.3 Å². The van der Waals surface area contributed by atoms with E-state index in [0.29, 0.717) is 5.75 Å². The monoisotopic (exact) mass is 509 g/mol.